The Hall–Kier alpha value is -3.32. The van der Waals surface area contributed by atoms with Gasteiger partial charge in [-0.25, -0.2) is 10.1 Å². The number of rotatable bonds is 5. The number of nitrogens with zero attached hydrogens (tertiary/aromatic N) is 1. The first kappa shape index (κ1) is 18.1. The highest BCUT2D eigenvalue weighted by atomic mass is 16.6. The van der Waals surface area contributed by atoms with Gasteiger partial charge in [-0.2, -0.15) is 0 Å². The topological polar surface area (TPSA) is 86.5 Å². The molecule has 0 bridgehead atoms. The molecule has 7 nitrogen and oxygen atoms in total. The molecule has 0 saturated carbocycles. The number of hydrogen-bond donors (Lipinski definition) is 3. The van der Waals surface area contributed by atoms with E-state index >= 15 is 0 Å². The summed E-state index contributed by atoms with van der Waals surface area (Å²) < 4.78 is 5.87. The van der Waals surface area contributed by atoms with Crippen LogP contribution in [0.25, 0.3) is 10.9 Å². The third kappa shape index (κ3) is 3.32. The fourth-order valence-electron chi connectivity index (χ4n) is 3.44. The zero-order chi connectivity index (χ0) is 19.6. The summed E-state index contributed by atoms with van der Waals surface area (Å²) in [6.45, 7) is 2.86. The van der Waals surface area contributed by atoms with Gasteiger partial charge in [0.25, 0.3) is 5.85 Å². The molecule has 4 rings (SSSR count). The molecule has 7 heteroatoms. The van der Waals surface area contributed by atoms with Gasteiger partial charge in [0.15, 0.2) is 0 Å². The summed E-state index contributed by atoms with van der Waals surface area (Å²) in [5.41, 5.74) is 2.57. The fourth-order valence-corrected chi connectivity index (χ4v) is 3.44. The van der Waals surface area contributed by atoms with Crippen LogP contribution in [-0.2, 0) is 21.9 Å². The number of hydrogen-bond acceptors (Lipinski definition) is 4. The Labute approximate surface area is 162 Å². The number of H-pyrrole nitrogens is 1. The summed E-state index contributed by atoms with van der Waals surface area (Å²) in [7, 11) is 0. The number of aromatic amines is 1. The van der Waals surface area contributed by atoms with Crippen molar-refractivity contribution in [3.05, 3.63) is 71.9 Å². The zero-order valence-corrected chi connectivity index (χ0v) is 15.6. The minimum Gasteiger partial charge on any atom is -0.404 e. The Morgan fingerprint density at radius 2 is 1.89 bits per heavy atom. The SMILES string of the molecule is CCN(Cc1ccccc1)C(=O)O[C@@]1(c2c[nH]c3ccccc23)NCC(=O)N1. The number of carbonyl (C=O) groups is 2. The monoisotopic (exact) mass is 378 g/mol. The van der Waals surface area contributed by atoms with Gasteiger partial charge in [-0.1, -0.05) is 48.5 Å². The molecule has 2 amide bonds. The molecule has 144 valence electrons. The van der Waals surface area contributed by atoms with Gasteiger partial charge >= 0.3 is 6.09 Å². The van der Waals surface area contributed by atoms with Gasteiger partial charge in [-0.3, -0.25) is 4.79 Å². The molecule has 1 aliphatic rings. The molecular weight excluding hydrogens is 356 g/mol. The van der Waals surface area contributed by atoms with E-state index in [1.807, 2.05) is 61.5 Å². The quantitative estimate of drug-likeness (QED) is 0.637. The van der Waals surface area contributed by atoms with E-state index in [1.54, 1.807) is 11.1 Å². The number of aromatic nitrogens is 1. The first-order chi connectivity index (χ1) is 13.6. The van der Waals surface area contributed by atoms with E-state index in [0.717, 1.165) is 16.5 Å². The highest BCUT2D eigenvalue weighted by Crippen LogP contribution is 2.30. The third-order valence-corrected chi connectivity index (χ3v) is 4.88. The van der Waals surface area contributed by atoms with Gasteiger partial charge < -0.3 is 19.9 Å². The lowest BCUT2D eigenvalue weighted by Crippen LogP contribution is -2.52. The van der Waals surface area contributed by atoms with Gasteiger partial charge in [0, 0.05) is 30.2 Å². The van der Waals surface area contributed by atoms with Crippen LogP contribution in [-0.4, -0.2) is 35.0 Å². The Morgan fingerprint density at radius 1 is 1.14 bits per heavy atom. The Morgan fingerprint density at radius 3 is 2.61 bits per heavy atom. The summed E-state index contributed by atoms with van der Waals surface area (Å²) in [5.74, 6) is -1.64. The third-order valence-electron chi connectivity index (χ3n) is 4.88. The number of nitrogens with one attached hydrogen (secondary N) is 3. The number of para-hydroxylation sites is 1. The molecule has 1 atom stereocenters. The van der Waals surface area contributed by atoms with Crippen LogP contribution < -0.4 is 10.6 Å². The molecule has 1 saturated heterocycles. The largest absolute Gasteiger partial charge is 0.413 e. The van der Waals surface area contributed by atoms with Gasteiger partial charge in [-0.05, 0) is 18.6 Å². The summed E-state index contributed by atoms with van der Waals surface area (Å²) >= 11 is 0. The van der Waals surface area contributed by atoms with Gasteiger partial charge in [0.05, 0.1) is 12.1 Å². The number of fused-ring (bicyclic) bond motifs is 1. The van der Waals surface area contributed by atoms with Crippen LogP contribution in [0.4, 0.5) is 4.79 Å². The summed E-state index contributed by atoms with van der Waals surface area (Å²) in [5, 5.41) is 6.71. The van der Waals surface area contributed by atoms with E-state index in [0.29, 0.717) is 18.7 Å². The maximum Gasteiger partial charge on any atom is 0.413 e. The molecule has 3 aromatic rings. The second kappa shape index (κ2) is 7.36. The van der Waals surface area contributed by atoms with E-state index in [4.69, 9.17) is 4.74 Å². The molecule has 0 radical (unpaired) electrons. The molecular formula is C21H22N4O3. The van der Waals surface area contributed by atoms with E-state index < -0.39 is 11.9 Å². The molecule has 1 aromatic heterocycles. The van der Waals surface area contributed by atoms with Crippen molar-refractivity contribution < 1.29 is 14.3 Å². The van der Waals surface area contributed by atoms with Crippen LogP contribution in [0.1, 0.15) is 18.1 Å². The zero-order valence-electron chi connectivity index (χ0n) is 15.6. The van der Waals surface area contributed by atoms with Crippen molar-refractivity contribution >= 4 is 22.9 Å². The molecule has 0 aliphatic carbocycles. The van der Waals surface area contributed by atoms with Crippen molar-refractivity contribution in [2.45, 2.75) is 19.3 Å². The number of amides is 2. The highest BCUT2D eigenvalue weighted by Gasteiger charge is 2.45. The van der Waals surface area contributed by atoms with E-state index in [1.165, 1.54) is 0 Å². The fraction of sp³-hybridized carbons (Fsp3) is 0.238. The average molecular weight is 378 g/mol. The van der Waals surface area contributed by atoms with Crippen molar-refractivity contribution in [3.8, 4) is 0 Å². The van der Waals surface area contributed by atoms with Gasteiger partial charge in [-0.15, -0.1) is 0 Å². The minimum atomic E-state index is -1.40. The van der Waals surface area contributed by atoms with Crippen LogP contribution in [0, 0.1) is 0 Å². The maximum atomic E-state index is 13.0. The Kier molecular flexibility index (Phi) is 4.75. The predicted molar refractivity (Wildman–Crippen MR) is 105 cm³/mol. The van der Waals surface area contributed by atoms with Crippen LogP contribution in [0.2, 0.25) is 0 Å². The van der Waals surface area contributed by atoms with Crippen molar-refractivity contribution in [1.29, 1.82) is 0 Å². The minimum absolute atomic E-state index is 0.0671. The summed E-state index contributed by atoms with van der Waals surface area (Å²) in [4.78, 5) is 29.8. The second-order valence-corrected chi connectivity index (χ2v) is 6.70. The lowest BCUT2D eigenvalue weighted by molar-refractivity contribution is -0.122. The predicted octanol–water partition coefficient (Wildman–Crippen LogP) is 2.66. The Bertz CT molecular complexity index is 1000. The smallest absolute Gasteiger partial charge is 0.404 e. The highest BCUT2D eigenvalue weighted by molar-refractivity contribution is 5.88. The standard InChI is InChI=1S/C21H22N4O3/c1-2-25(14-15-8-4-3-5-9-15)20(27)28-21(23-13-19(26)24-21)17-12-22-18-11-7-6-10-16(17)18/h3-12,22-23H,2,13-14H2,1H3,(H,24,26)/t21-/m0/s1. The molecule has 2 heterocycles. The van der Waals surface area contributed by atoms with Crippen LogP contribution in [0.3, 0.4) is 0 Å². The lowest BCUT2D eigenvalue weighted by atomic mass is 10.1. The van der Waals surface area contributed by atoms with E-state index in [9.17, 15) is 9.59 Å². The van der Waals surface area contributed by atoms with E-state index in [-0.39, 0.29) is 12.5 Å². The Balaban J connectivity index is 1.63. The second-order valence-electron chi connectivity index (χ2n) is 6.70. The molecule has 0 unspecified atom stereocenters. The molecule has 28 heavy (non-hydrogen) atoms. The van der Waals surface area contributed by atoms with Crippen LogP contribution in [0.15, 0.2) is 60.8 Å². The number of benzene rings is 2. The first-order valence-corrected chi connectivity index (χ1v) is 9.26. The summed E-state index contributed by atoms with van der Waals surface area (Å²) in [6.07, 6.45) is 1.25. The lowest BCUT2D eigenvalue weighted by Gasteiger charge is -2.31. The van der Waals surface area contributed by atoms with Crippen molar-refractivity contribution in [3.63, 3.8) is 0 Å². The molecule has 3 N–H and O–H groups in total. The van der Waals surface area contributed by atoms with Crippen LogP contribution >= 0.6 is 0 Å². The normalized spacial score (nSPS) is 18.8. The number of carbonyl (C=O) groups excluding carboxylic acids is 2. The van der Waals surface area contributed by atoms with Crippen molar-refractivity contribution in [2.75, 3.05) is 13.1 Å². The molecule has 1 aliphatic heterocycles. The van der Waals surface area contributed by atoms with Gasteiger partial charge in [0.2, 0.25) is 5.91 Å². The van der Waals surface area contributed by atoms with Gasteiger partial charge in [0.1, 0.15) is 0 Å². The van der Waals surface area contributed by atoms with Crippen molar-refractivity contribution in [2.24, 2.45) is 0 Å². The van der Waals surface area contributed by atoms with E-state index in [2.05, 4.69) is 15.6 Å². The average Bonchev–Trinajstić information content (AvgIpc) is 3.31. The first-order valence-electron chi connectivity index (χ1n) is 9.26. The molecule has 1 fully saturated rings. The summed E-state index contributed by atoms with van der Waals surface area (Å²) in [6, 6.07) is 17.4. The molecule has 2 aromatic carbocycles. The van der Waals surface area contributed by atoms with Crippen molar-refractivity contribution in [1.82, 2.24) is 20.5 Å². The molecule has 0 spiro atoms. The maximum absolute atomic E-state index is 13.0. The number of ether oxygens (including phenoxy) is 1. The van der Waals surface area contributed by atoms with Crippen LogP contribution in [0.5, 0.6) is 0 Å².